The number of nitrogens with one attached hydrogen (secondary N) is 1. The van der Waals surface area contributed by atoms with Crippen molar-refractivity contribution in [1.82, 2.24) is 15.1 Å². The number of nitrogens with zero attached hydrogens (tertiary/aromatic N) is 3. The molecule has 24 heavy (non-hydrogen) atoms. The summed E-state index contributed by atoms with van der Waals surface area (Å²) in [7, 11) is 1.63. The lowest BCUT2D eigenvalue weighted by molar-refractivity contribution is -0.131. The Bertz CT molecular complexity index is 483. The molecule has 0 radical (unpaired) electrons. The van der Waals surface area contributed by atoms with Crippen LogP contribution in [0.3, 0.4) is 0 Å². The highest BCUT2D eigenvalue weighted by Crippen LogP contribution is 2.17. The molecule has 0 bridgehead atoms. The van der Waals surface area contributed by atoms with Gasteiger partial charge < -0.3 is 25.0 Å². The molecule has 2 N–H and O–H groups in total. The third kappa shape index (κ3) is 6.34. The van der Waals surface area contributed by atoms with Crippen molar-refractivity contribution < 1.29 is 19.4 Å². The molecule has 0 aliphatic carbocycles. The van der Waals surface area contributed by atoms with Gasteiger partial charge in [0.1, 0.15) is 5.60 Å². The summed E-state index contributed by atoms with van der Waals surface area (Å²) in [5.74, 6) is -0.107. The molecule has 136 valence electrons. The monoisotopic (exact) mass is 340 g/mol. The third-order valence-electron chi connectivity index (χ3n) is 3.74. The van der Waals surface area contributed by atoms with E-state index in [0.717, 1.165) is 0 Å². The van der Waals surface area contributed by atoms with Gasteiger partial charge >= 0.3 is 6.09 Å². The molecule has 2 unspecified atom stereocenters. The van der Waals surface area contributed by atoms with Crippen molar-refractivity contribution in [2.45, 2.75) is 51.3 Å². The first-order chi connectivity index (χ1) is 11.2. The lowest BCUT2D eigenvalue weighted by Crippen LogP contribution is -2.59. The van der Waals surface area contributed by atoms with Crippen molar-refractivity contribution in [2.24, 2.45) is 0 Å². The topological polar surface area (TPSA) is 106 Å². The number of nitriles is 1. The maximum atomic E-state index is 12.4. The first-order valence-electron chi connectivity index (χ1n) is 8.12. The molecule has 1 rings (SSSR count). The van der Waals surface area contributed by atoms with E-state index in [4.69, 9.17) is 15.1 Å². The van der Waals surface area contributed by atoms with Crippen molar-refractivity contribution in [1.29, 1.82) is 5.26 Å². The fourth-order valence-electron chi connectivity index (χ4n) is 2.47. The minimum Gasteiger partial charge on any atom is -0.444 e. The fourth-order valence-corrected chi connectivity index (χ4v) is 2.47. The molecule has 1 aliphatic heterocycles. The van der Waals surface area contributed by atoms with Crippen LogP contribution in [0.25, 0.3) is 0 Å². The highest BCUT2D eigenvalue weighted by molar-refractivity contribution is 5.77. The Hall–Kier alpha value is -1.85. The molecule has 0 spiro atoms. The third-order valence-corrected chi connectivity index (χ3v) is 3.74. The van der Waals surface area contributed by atoms with Gasteiger partial charge in [0.25, 0.3) is 0 Å². The van der Waals surface area contributed by atoms with Crippen LogP contribution in [0.4, 0.5) is 4.79 Å². The Labute approximate surface area is 143 Å². The molecule has 1 saturated heterocycles. The van der Waals surface area contributed by atoms with Crippen LogP contribution in [-0.4, -0.2) is 77.9 Å². The summed E-state index contributed by atoms with van der Waals surface area (Å²) in [6.45, 7) is 6.30. The standard InChI is InChI=1S/C16H28N4O4/c1-16(2,3)24-15(23)20-11-12(18-10-13(20)5-6-17)9-14(22)19(4)7-8-21/h12-13,18,21H,5,7-11H2,1-4H3. The second kappa shape index (κ2) is 8.85. The zero-order chi connectivity index (χ0) is 18.3. The van der Waals surface area contributed by atoms with Crippen molar-refractivity contribution in [3.05, 3.63) is 0 Å². The second-order valence-corrected chi connectivity index (χ2v) is 7.00. The largest absolute Gasteiger partial charge is 0.444 e. The smallest absolute Gasteiger partial charge is 0.410 e. The number of hydrogen-bond acceptors (Lipinski definition) is 6. The van der Waals surface area contributed by atoms with Crippen molar-refractivity contribution in [3.63, 3.8) is 0 Å². The van der Waals surface area contributed by atoms with Crippen molar-refractivity contribution in [3.8, 4) is 6.07 Å². The van der Waals surface area contributed by atoms with Gasteiger partial charge in [-0.15, -0.1) is 0 Å². The number of carbonyl (C=O) groups excluding carboxylic acids is 2. The fraction of sp³-hybridized carbons (Fsp3) is 0.812. The molecule has 0 aromatic rings. The number of ether oxygens (including phenoxy) is 1. The predicted octanol–water partition coefficient (Wildman–Crippen LogP) is 0.318. The van der Waals surface area contributed by atoms with Crippen LogP contribution in [-0.2, 0) is 9.53 Å². The van der Waals surface area contributed by atoms with Crippen LogP contribution in [0.15, 0.2) is 0 Å². The molecule has 0 aromatic carbocycles. The number of aliphatic hydroxyl groups excluding tert-OH is 1. The van der Waals surface area contributed by atoms with E-state index in [1.165, 1.54) is 9.80 Å². The number of piperazine rings is 1. The molecule has 2 atom stereocenters. The van der Waals surface area contributed by atoms with E-state index in [1.54, 1.807) is 27.8 Å². The number of rotatable bonds is 5. The number of amides is 2. The van der Waals surface area contributed by atoms with Crippen molar-refractivity contribution in [2.75, 3.05) is 33.3 Å². The average Bonchev–Trinajstić information content (AvgIpc) is 2.47. The summed E-state index contributed by atoms with van der Waals surface area (Å²) in [5, 5.41) is 21.1. The van der Waals surface area contributed by atoms with Gasteiger partial charge in [0.05, 0.1) is 25.1 Å². The molecular formula is C16H28N4O4. The Kier molecular flexibility index (Phi) is 7.45. The molecule has 1 fully saturated rings. The number of hydrogen-bond donors (Lipinski definition) is 2. The molecule has 2 amide bonds. The number of carbonyl (C=O) groups is 2. The Morgan fingerprint density at radius 1 is 1.46 bits per heavy atom. The van der Waals surface area contributed by atoms with Gasteiger partial charge in [-0.25, -0.2) is 4.79 Å². The summed E-state index contributed by atoms with van der Waals surface area (Å²) in [6.07, 6.45) is -0.0442. The first kappa shape index (κ1) is 20.2. The summed E-state index contributed by atoms with van der Waals surface area (Å²) < 4.78 is 5.41. The molecule has 1 aliphatic rings. The second-order valence-electron chi connectivity index (χ2n) is 7.00. The van der Waals surface area contributed by atoms with E-state index in [0.29, 0.717) is 13.1 Å². The minimum atomic E-state index is -0.619. The quantitative estimate of drug-likeness (QED) is 0.746. The van der Waals surface area contributed by atoms with Gasteiger partial charge in [-0.2, -0.15) is 5.26 Å². The molecule has 8 nitrogen and oxygen atoms in total. The highest BCUT2D eigenvalue weighted by atomic mass is 16.6. The van der Waals surface area contributed by atoms with E-state index in [9.17, 15) is 9.59 Å². The first-order valence-corrected chi connectivity index (χ1v) is 8.12. The molecule has 8 heteroatoms. The summed E-state index contributed by atoms with van der Waals surface area (Å²) >= 11 is 0. The highest BCUT2D eigenvalue weighted by Gasteiger charge is 2.35. The van der Waals surface area contributed by atoms with Gasteiger partial charge in [0.2, 0.25) is 5.91 Å². The summed E-state index contributed by atoms with van der Waals surface area (Å²) in [6, 6.07) is 1.60. The zero-order valence-corrected chi connectivity index (χ0v) is 14.9. The van der Waals surface area contributed by atoms with E-state index >= 15 is 0 Å². The van der Waals surface area contributed by atoms with E-state index < -0.39 is 11.7 Å². The molecule has 0 aromatic heterocycles. The van der Waals surface area contributed by atoms with Crippen LogP contribution in [0, 0.1) is 11.3 Å². The number of aliphatic hydroxyl groups is 1. The Balaban J connectivity index is 2.73. The zero-order valence-electron chi connectivity index (χ0n) is 14.9. The summed E-state index contributed by atoms with van der Waals surface area (Å²) in [5.41, 5.74) is -0.619. The van der Waals surface area contributed by atoms with Crippen LogP contribution >= 0.6 is 0 Å². The lowest BCUT2D eigenvalue weighted by Gasteiger charge is -2.40. The van der Waals surface area contributed by atoms with E-state index in [2.05, 4.69) is 11.4 Å². The Morgan fingerprint density at radius 2 is 2.12 bits per heavy atom. The van der Waals surface area contributed by atoms with Gasteiger partial charge in [-0.3, -0.25) is 4.79 Å². The SMILES string of the molecule is CN(CCO)C(=O)CC1CN(C(=O)OC(C)(C)C)C(CC#N)CN1. The predicted molar refractivity (Wildman–Crippen MR) is 88.1 cm³/mol. The molecular weight excluding hydrogens is 312 g/mol. The molecule has 1 heterocycles. The Morgan fingerprint density at radius 3 is 2.67 bits per heavy atom. The average molecular weight is 340 g/mol. The summed E-state index contributed by atoms with van der Waals surface area (Å²) in [4.78, 5) is 27.5. The maximum Gasteiger partial charge on any atom is 0.410 e. The van der Waals surface area contributed by atoms with Gasteiger partial charge in [0.15, 0.2) is 0 Å². The van der Waals surface area contributed by atoms with Gasteiger partial charge in [-0.05, 0) is 20.8 Å². The van der Waals surface area contributed by atoms with Crippen LogP contribution in [0.2, 0.25) is 0 Å². The van der Waals surface area contributed by atoms with Crippen LogP contribution in [0.1, 0.15) is 33.6 Å². The number of likely N-dealkylation sites (N-methyl/N-ethyl adjacent to an activating group) is 1. The molecule has 0 saturated carbocycles. The maximum absolute atomic E-state index is 12.4. The normalized spacial score (nSPS) is 21.1. The minimum absolute atomic E-state index is 0.0887. The van der Waals surface area contributed by atoms with Gasteiger partial charge in [-0.1, -0.05) is 0 Å². The van der Waals surface area contributed by atoms with Crippen LogP contribution < -0.4 is 5.32 Å². The van der Waals surface area contributed by atoms with E-state index in [1.807, 2.05) is 0 Å². The lowest BCUT2D eigenvalue weighted by atomic mass is 10.0. The van der Waals surface area contributed by atoms with Crippen LogP contribution in [0.5, 0.6) is 0 Å². The van der Waals surface area contributed by atoms with Gasteiger partial charge in [0, 0.05) is 39.1 Å². The van der Waals surface area contributed by atoms with E-state index in [-0.39, 0.29) is 44.0 Å². The van der Waals surface area contributed by atoms with Crippen molar-refractivity contribution >= 4 is 12.0 Å².